The molecule has 0 radical (unpaired) electrons. The van der Waals surface area contributed by atoms with Gasteiger partial charge in [0.1, 0.15) is 11.8 Å². The molecule has 1 aromatic heterocycles. The molecule has 2 aromatic carbocycles. The Balaban J connectivity index is 2.24. The molecule has 3 aromatic rings. The molecule has 22 heavy (non-hydrogen) atoms. The van der Waals surface area contributed by atoms with Gasteiger partial charge < -0.3 is 0 Å². The zero-order valence-electron chi connectivity index (χ0n) is 12.6. The third-order valence-corrected chi connectivity index (χ3v) is 3.70. The third kappa shape index (κ3) is 2.38. The number of hydrogen-bond acceptors (Lipinski definition) is 3. The second kappa shape index (κ2) is 5.82. The summed E-state index contributed by atoms with van der Waals surface area (Å²) in [6.45, 7) is 4.14. The van der Waals surface area contributed by atoms with Crippen molar-refractivity contribution in [2.24, 2.45) is 0 Å². The van der Waals surface area contributed by atoms with Gasteiger partial charge in [-0.25, -0.2) is 4.68 Å². The molecule has 0 saturated carbocycles. The average Bonchev–Trinajstić information content (AvgIpc) is 2.99. The van der Waals surface area contributed by atoms with Crippen molar-refractivity contribution < 1.29 is 0 Å². The van der Waals surface area contributed by atoms with Crippen LogP contribution in [-0.2, 0) is 6.42 Å². The van der Waals surface area contributed by atoms with Gasteiger partial charge in [-0.3, -0.25) is 0 Å². The highest BCUT2D eigenvalue weighted by Gasteiger charge is 2.17. The fourth-order valence-electron chi connectivity index (χ4n) is 2.51. The van der Waals surface area contributed by atoms with Crippen molar-refractivity contribution in [1.82, 2.24) is 15.0 Å². The van der Waals surface area contributed by atoms with Gasteiger partial charge in [0.15, 0.2) is 5.69 Å². The lowest BCUT2D eigenvalue weighted by Gasteiger charge is -2.11. The van der Waals surface area contributed by atoms with Gasteiger partial charge in [0.25, 0.3) is 0 Å². The predicted molar refractivity (Wildman–Crippen MR) is 85.6 cm³/mol. The van der Waals surface area contributed by atoms with E-state index in [4.69, 9.17) is 0 Å². The Morgan fingerprint density at radius 2 is 1.82 bits per heavy atom. The van der Waals surface area contributed by atoms with Crippen molar-refractivity contribution in [2.75, 3.05) is 0 Å². The fraction of sp³-hybridized carbons (Fsp3) is 0.167. The summed E-state index contributed by atoms with van der Waals surface area (Å²) in [5.41, 5.74) is 5.34. The molecule has 0 amide bonds. The number of nitriles is 1. The summed E-state index contributed by atoms with van der Waals surface area (Å²) < 4.78 is 1.77. The maximum atomic E-state index is 9.36. The van der Waals surface area contributed by atoms with Gasteiger partial charge in [-0.1, -0.05) is 60.2 Å². The molecule has 0 aliphatic carbocycles. The van der Waals surface area contributed by atoms with Crippen molar-refractivity contribution in [3.63, 3.8) is 0 Å². The molecule has 4 heteroatoms. The monoisotopic (exact) mass is 288 g/mol. The van der Waals surface area contributed by atoms with Gasteiger partial charge in [-0.05, 0) is 25.0 Å². The van der Waals surface area contributed by atoms with Crippen LogP contribution in [-0.4, -0.2) is 15.0 Å². The Labute approximate surface area is 129 Å². The Morgan fingerprint density at radius 3 is 2.50 bits per heavy atom. The molecule has 0 N–H and O–H groups in total. The lowest BCUT2D eigenvalue weighted by atomic mass is 10.1. The van der Waals surface area contributed by atoms with Crippen LogP contribution in [0.15, 0.2) is 48.5 Å². The van der Waals surface area contributed by atoms with Crippen LogP contribution in [0.1, 0.15) is 23.7 Å². The van der Waals surface area contributed by atoms with E-state index in [9.17, 15) is 5.26 Å². The quantitative estimate of drug-likeness (QED) is 0.738. The molecular formula is C18H16N4. The van der Waals surface area contributed by atoms with E-state index in [0.29, 0.717) is 5.69 Å². The van der Waals surface area contributed by atoms with E-state index in [-0.39, 0.29) is 0 Å². The molecule has 1 heterocycles. The number of aromatic nitrogens is 3. The van der Waals surface area contributed by atoms with E-state index in [2.05, 4.69) is 29.4 Å². The first-order valence-electron chi connectivity index (χ1n) is 7.25. The molecule has 4 nitrogen and oxygen atoms in total. The second-order valence-corrected chi connectivity index (χ2v) is 5.16. The molecular weight excluding hydrogens is 272 g/mol. The van der Waals surface area contributed by atoms with E-state index in [1.807, 2.05) is 49.4 Å². The van der Waals surface area contributed by atoms with E-state index in [0.717, 1.165) is 23.4 Å². The molecule has 0 aliphatic rings. The minimum atomic E-state index is 0.342. The third-order valence-electron chi connectivity index (χ3n) is 3.70. The molecule has 0 aliphatic heterocycles. The molecule has 3 rings (SSSR count). The van der Waals surface area contributed by atoms with Gasteiger partial charge in [-0.15, -0.1) is 5.10 Å². The van der Waals surface area contributed by atoms with E-state index >= 15 is 0 Å². The maximum Gasteiger partial charge on any atom is 0.191 e. The van der Waals surface area contributed by atoms with Gasteiger partial charge in [0, 0.05) is 5.56 Å². The Bertz CT molecular complexity index is 838. The summed E-state index contributed by atoms with van der Waals surface area (Å²) in [5.74, 6) is 0. The second-order valence-electron chi connectivity index (χ2n) is 5.16. The molecule has 0 saturated heterocycles. The number of nitrogens with zero attached hydrogens (tertiary/aromatic N) is 4. The Hall–Kier alpha value is -2.93. The van der Waals surface area contributed by atoms with Gasteiger partial charge >= 0.3 is 0 Å². The van der Waals surface area contributed by atoms with Crippen LogP contribution in [0.5, 0.6) is 0 Å². The Morgan fingerprint density at radius 1 is 1.09 bits per heavy atom. The Kier molecular flexibility index (Phi) is 3.71. The fourth-order valence-corrected chi connectivity index (χ4v) is 2.51. The molecule has 0 bridgehead atoms. The summed E-state index contributed by atoms with van der Waals surface area (Å²) in [4.78, 5) is 0. The highest BCUT2D eigenvalue weighted by molar-refractivity contribution is 5.67. The minimum Gasteiger partial charge on any atom is -0.211 e. The van der Waals surface area contributed by atoms with Crippen LogP contribution in [0.2, 0.25) is 0 Å². The van der Waals surface area contributed by atoms with Crippen LogP contribution in [0.4, 0.5) is 0 Å². The average molecular weight is 288 g/mol. The predicted octanol–water partition coefficient (Wildman–Crippen LogP) is 3.68. The smallest absolute Gasteiger partial charge is 0.191 e. The summed E-state index contributed by atoms with van der Waals surface area (Å²) >= 11 is 0. The summed E-state index contributed by atoms with van der Waals surface area (Å²) in [5, 5.41) is 17.6. The summed E-state index contributed by atoms with van der Waals surface area (Å²) in [6.07, 6.45) is 0.894. The van der Waals surface area contributed by atoms with Gasteiger partial charge in [0.05, 0.1) is 5.69 Å². The van der Waals surface area contributed by atoms with Crippen LogP contribution >= 0.6 is 0 Å². The first-order valence-corrected chi connectivity index (χ1v) is 7.25. The molecule has 0 spiro atoms. The van der Waals surface area contributed by atoms with Crippen molar-refractivity contribution in [3.8, 4) is 23.0 Å². The molecule has 0 unspecified atom stereocenters. The van der Waals surface area contributed by atoms with E-state index in [1.165, 1.54) is 11.1 Å². The van der Waals surface area contributed by atoms with Crippen molar-refractivity contribution in [1.29, 1.82) is 5.26 Å². The maximum absolute atomic E-state index is 9.36. The molecule has 0 atom stereocenters. The normalized spacial score (nSPS) is 10.4. The lowest BCUT2D eigenvalue weighted by Crippen LogP contribution is -2.03. The SMILES string of the molecule is CCc1ccccc1-n1nnc(C#N)c1-c1ccc(C)cc1. The number of benzene rings is 2. The van der Waals surface area contributed by atoms with Crippen molar-refractivity contribution in [3.05, 3.63) is 65.4 Å². The van der Waals surface area contributed by atoms with Gasteiger partial charge in [-0.2, -0.15) is 5.26 Å². The largest absolute Gasteiger partial charge is 0.211 e. The van der Waals surface area contributed by atoms with Crippen molar-refractivity contribution in [2.45, 2.75) is 20.3 Å². The number of aryl methyl sites for hydroxylation is 2. The molecule has 108 valence electrons. The summed E-state index contributed by atoms with van der Waals surface area (Å²) in [6, 6.07) is 18.3. The topological polar surface area (TPSA) is 54.5 Å². The standard InChI is InChI=1S/C18H16N4/c1-3-14-6-4-5-7-17(14)22-18(16(12-19)20-21-22)15-10-8-13(2)9-11-15/h4-11H,3H2,1-2H3. The van der Waals surface area contributed by atoms with Crippen LogP contribution < -0.4 is 0 Å². The van der Waals surface area contributed by atoms with Crippen molar-refractivity contribution >= 4 is 0 Å². The highest BCUT2D eigenvalue weighted by Crippen LogP contribution is 2.26. The highest BCUT2D eigenvalue weighted by atomic mass is 15.4. The van der Waals surface area contributed by atoms with Crippen LogP contribution in [0, 0.1) is 18.3 Å². The van der Waals surface area contributed by atoms with E-state index < -0.39 is 0 Å². The number of rotatable bonds is 3. The van der Waals surface area contributed by atoms with E-state index in [1.54, 1.807) is 4.68 Å². The minimum absolute atomic E-state index is 0.342. The number of hydrogen-bond donors (Lipinski definition) is 0. The zero-order valence-corrected chi connectivity index (χ0v) is 12.6. The number of para-hydroxylation sites is 1. The first kappa shape index (κ1) is 14.0. The first-order chi connectivity index (χ1) is 10.7. The van der Waals surface area contributed by atoms with Crippen LogP contribution in [0.3, 0.4) is 0 Å². The van der Waals surface area contributed by atoms with Crippen LogP contribution in [0.25, 0.3) is 16.9 Å². The van der Waals surface area contributed by atoms with Gasteiger partial charge in [0.2, 0.25) is 0 Å². The lowest BCUT2D eigenvalue weighted by molar-refractivity contribution is 0.797. The molecule has 0 fully saturated rings. The zero-order chi connectivity index (χ0) is 15.5. The summed E-state index contributed by atoms with van der Waals surface area (Å²) in [7, 11) is 0.